The molecule has 2 heterocycles. The summed E-state index contributed by atoms with van der Waals surface area (Å²) in [5.74, 6) is -1.45. The third kappa shape index (κ3) is 3.63. The van der Waals surface area contributed by atoms with E-state index in [4.69, 9.17) is 18.4 Å². The summed E-state index contributed by atoms with van der Waals surface area (Å²) in [6.07, 6.45) is 0.845. The number of morpholine rings is 1. The van der Waals surface area contributed by atoms with Crippen LogP contribution in [0.5, 0.6) is 23.0 Å². The monoisotopic (exact) mass is 435 g/mol. The molecule has 2 aromatic rings. The van der Waals surface area contributed by atoms with E-state index in [-0.39, 0.29) is 35.6 Å². The van der Waals surface area contributed by atoms with Gasteiger partial charge in [-0.15, -0.1) is 0 Å². The third-order valence-corrected chi connectivity index (χ3v) is 5.41. The van der Waals surface area contributed by atoms with Crippen LogP contribution >= 0.6 is 0 Å². The average molecular weight is 435 g/mol. The highest BCUT2D eigenvalue weighted by Gasteiger charge is 2.46. The Morgan fingerprint density at radius 2 is 1.83 bits per heavy atom. The molecular formula is C20H21NO8S. The van der Waals surface area contributed by atoms with Crippen molar-refractivity contribution in [2.75, 3.05) is 13.0 Å². The maximum absolute atomic E-state index is 12.9. The third-order valence-electron chi connectivity index (χ3n) is 4.92. The van der Waals surface area contributed by atoms with Gasteiger partial charge in [-0.3, -0.25) is 5.32 Å². The van der Waals surface area contributed by atoms with Crippen LogP contribution in [-0.2, 0) is 19.6 Å². The lowest BCUT2D eigenvalue weighted by Gasteiger charge is -2.42. The van der Waals surface area contributed by atoms with Gasteiger partial charge in [0.1, 0.15) is 11.6 Å². The van der Waals surface area contributed by atoms with Crippen LogP contribution in [0, 0.1) is 0 Å². The molecular weight excluding hydrogens is 414 g/mol. The number of fused-ring (bicyclic) bond motifs is 1. The van der Waals surface area contributed by atoms with Gasteiger partial charge in [0.25, 0.3) is 0 Å². The second kappa shape index (κ2) is 7.06. The fourth-order valence-corrected chi connectivity index (χ4v) is 4.12. The van der Waals surface area contributed by atoms with Crippen molar-refractivity contribution < 1.29 is 36.7 Å². The fourth-order valence-electron chi connectivity index (χ4n) is 3.67. The number of cyclic esters (lactones) is 1. The van der Waals surface area contributed by atoms with Crippen molar-refractivity contribution in [3.05, 3.63) is 47.5 Å². The van der Waals surface area contributed by atoms with Crippen molar-refractivity contribution >= 4 is 16.1 Å². The number of phenols is 1. The molecule has 0 radical (unpaired) electrons. The summed E-state index contributed by atoms with van der Waals surface area (Å²) in [7, 11) is -3.94. The van der Waals surface area contributed by atoms with Gasteiger partial charge in [0.05, 0.1) is 12.3 Å². The Morgan fingerprint density at radius 3 is 2.50 bits per heavy atom. The number of rotatable bonds is 4. The number of ether oxygens (including phenoxy) is 3. The number of benzene rings is 2. The zero-order valence-corrected chi connectivity index (χ0v) is 17.4. The number of carbonyl (C=O) groups excluding carboxylic acids is 1. The van der Waals surface area contributed by atoms with E-state index < -0.39 is 33.5 Å². The van der Waals surface area contributed by atoms with Gasteiger partial charge in [-0.2, -0.15) is 8.42 Å². The minimum Gasteiger partial charge on any atom is -0.502 e. The molecule has 0 saturated carbocycles. The lowest BCUT2D eigenvalue weighted by Crippen LogP contribution is -2.52. The Morgan fingerprint density at radius 1 is 1.17 bits per heavy atom. The van der Waals surface area contributed by atoms with Crippen molar-refractivity contribution in [1.82, 2.24) is 5.32 Å². The van der Waals surface area contributed by atoms with Gasteiger partial charge in [-0.25, -0.2) is 4.79 Å². The number of carbonyl (C=O) groups is 1. The molecule has 2 atom stereocenters. The Bertz CT molecular complexity index is 1100. The molecule has 0 aromatic heterocycles. The molecule has 2 aliphatic rings. The van der Waals surface area contributed by atoms with E-state index in [1.54, 1.807) is 13.8 Å². The first kappa shape index (κ1) is 20.3. The first-order chi connectivity index (χ1) is 14.1. The standard InChI is InChI=1S/C20H21NO8S/c1-20(2)18(11-7-5-4-6-8-11)21-14(19(23)28-20)12-9-13(29-30(3,24)25)15(22)17-16(12)26-10-27-17/h4-9,14,18,21-22H,10H2,1-3H3/t14-,18-/m1/s1. The summed E-state index contributed by atoms with van der Waals surface area (Å²) in [5.41, 5.74) is 0.291. The first-order valence-corrected chi connectivity index (χ1v) is 11.0. The molecule has 4 rings (SSSR count). The number of esters is 1. The van der Waals surface area contributed by atoms with Crippen LogP contribution < -0.4 is 19.0 Å². The summed E-state index contributed by atoms with van der Waals surface area (Å²) in [6, 6.07) is 9.33. The van der Waals surface area contributed by atoms with Gasteiger partial charge in [-0.05, 0) is 25.5 Å². The first-order valence-electron chi connectivity index (χ1n) is 9.15. The lowest BCUT2D eigenvalue weighted by atomic mass is 9.87. The summed E-state index contributed by atoms with van der Waals surface area (Å²) >= 11 is 0. The van der Waals surface area contributed by atoms with E-state index in [0.29, 0.717) is 0 Å². The van der Waals surface area contributed by atoms with Gasteiger partial charge >= 0.3 is 16.1 Å². The van der Waals surface area contributed by atoms with E-state index in [1.165, 1.54) is 6.07 Å². The number of hydrogen-bond acceptors (Lipinski definition) is 9. The fraction of sp³-hybridized carbons (Fsp3) is 0.350. The predicted molar refractivity (Wildman–Crippen MR) is 105 cm³/mol. The van der Waals surface area contributed by atoms with Crippen LogP contribution in [0.2, 0.25) is 0 Å². The molecule has 0 amide bonds. The molecule has 0 unspecified atom stereocenters. The number of hydrogen-bond donors (Lipinski definition) is 2. The minimum absolute atomic E-state index is 0.0955. The second-order valence-corrected chi connectivity index (χ2v) is 9.21. The Kier molecular flexibility index (Phi) is 4.78. The van der Waals surface area contributed by atoms with Gasteiger partial charge in [-0.1, -0.05) is 30.3 Å². The maximum Gasteiger partial charge on any atom is 0.328 e. The topological polar surface area (TPSA) is 120 Å². The van der Waals surface area contributed by atoms with Crippen molar-refractivity contribution in [1.29, 1.82) is 0 Å². The molecule has 1 fully saturated rings. The van der Waals surface area contributed by atoms with E-state index in [9.17, 15) is 18.3 Å². The molecule has 160 valence electrons. The van der Waals surface area contributed by atoms with Gasteiger partial charge in [0.15, 0.2) is 11.5 Å². The van der Waals surface area contributed by atoms with Crippen LogP contribution in [0.15, 0.2) is 36.4 Å². The van der Waals surface area contributed by atoms with Crippen molar-refractivity contribution in [3.8, 4) is 23.0 Å². The molecule has 9 nitrogen and oxygen atoms in total. The van der Waals surface area contributed by atoms with Crippen molar-refractivity contribution in [3.63, 3.8) is 0 Å². The van der Waals surface area contributed by atoms with E-state index in [0.717, 1.165) is 11.8 Å². The van der Waals surface area contributed by atoms with Crippen LogP contribution in [0.4, 0.5) is 0 Å². The molecule has 0 spiro atoms. The van der Waals surface area contributed by atoms with Crippen LogP contribution in [0.1, 0.15) is 37.1 Å². The van der Waals surface area contributed by atoms with Gasteiger partial charge in [0.2, 0.25) is 18.3 Å². The van der Waals surface area contributed by atoms with Gasteiger partial charge in [0, 0.05) is 5.56 Å². The lowest BCUT2D eigenvalue weighted by molar-refractivity contribution is -0.172. The zero-order chi connectivity index (χ0) is 21.7. The summed E-state index contributed by atoms with van der Waals surface area (Å²) in [4.78, 5) is 12.9. The number of aromatic hydroxyl groups is 1. The number of phenolic OH excluding ortho intramolecular Hbond substituents is 1. The Balaban J connectivity index is 1.80. The summed E-state index contributed by atoms with van der Waals surface area (Å²) in [6.45, 7) is 3.39. The van der Waals surface area contributed by atoms with Crippen LogP contribution in [0.3, 0.4) is 0 Å². The SMILES string of the molecule is CC1(C)OC(=O)[C@@H](c2cc(OS(C)(=O)=O)c(O)c3c2OCO3)N[C@@H]1c1ccccc1. The highest BCUT2D eigenvalue weighted by atomic mass is 32.2. The zero-order valence-electron chi connectivity index (χ0n) is 16.5. The van der Waals surface area contributed by atoms with Crippen molar-refractivity contribution in [2.45, 2.75) is 31.5 Å². The highest BCUT2D eigenvalue weighted by Crippen LogP contribution is 2.52. The quantitative estimate of drug-likeness (QED) is 0.550. The molecule has 10 heteroatoms. The van der Waals surface area contributed by atoms with Crippen molar-refractivity contribution in [2.24, 2.45) is 0 Å². The molecule has 2 N–H and O–H groups in total. The van der Waals surface area contributed by atoms with Gasteiger partial charge < -0.3 is 23.5 Å². The normalized spacial score (nSPS) is 22.4. The second-order valence-electron chi connectivity index (χ2n) is 7.63. The smallest absolute Gasteiger partial charge is 0.328 e. The van der Waals surface area contributed by atoms with E-state index in [2.05, 4.69) is 5.32 Å². The van der Waals surface area contributed by atoms with E-state index >= 15 is 0 Å². The highest BCUT2D eigenvalue weighted by molar-refractivity contribution is 7.86. The maximum atomic E-state index is 12.9. The average Bonchev–Trinajstić information content (AvgIpc) is 3.14. The Hall–Kier alpha value is -2.98. The predicted octanol–water partition coefficient (Wildman–Crippen LogP) is 2.17. The molecule has 1 saturated heterocycles. The minimum atomic E-state index is -3.94. The molecule has 0 aliphatic carbocycles. The van der Waals surface area contributed by atoms with E-state index in [1.807, 2.05) is 30.3 Å². The molecule has 30 heavy (non-hydrogen) atoms. The summed E-state index contributed by atoms with van der Waals surface area (Å²) in [5, 5.41) is 13.6. The van der Waals surface area contributed by atoms with Crippen LogP contribution in [0.25, 0.3) is 0 Å². The number of nitrogens with one attached hydrogen (secondary N) is 1. The Labute approximate surface area is 173 Å². The molecule has 2 aromatic carbocycles. The summed E-state index contributed by atoms with van der Waals surface area (Å²) < 4.78 is 44.6. The molecule has 0 bridgehead atoms. The largest absolute Gasteiger partial charge is 0.502 e. The van der Waals surface area contributed by atoms with Crippen LogP contribution in [-0.4, -0.2) is 38.1 Å². The molecule has 2 aliphatic heterocycles.